The summed E-state index contributed by atoms with van der Waals surface area (Å²) in [7, 11) is 1.70. The highest BCUT2D eigenvalue weighted by Gasteiger charge is 2.41. The minimum atomic E-state index is -0.408. The molecule has 0 amide bonds. The molecule has 1 aromatic carbocycles. The number of hydrogen-bond acceptors (Lipinski definition) is 5. The van der Waals surface area contributed by atoms with Crippen LogP contribution in [0.5, 0.6) is 5.75 Å². The molecule has 1 aliphatic rings. The first-order valence-electron chi connectivity index (χ1n) is 8.33. The summed E-state index contributed by atoms with van der Waals surface area (Å²) in [6.07, 6.45) is 2.09. The molecule has 6 heteroatoms. The van der Waals surface area contributed by atoms with Crippen molar-refractivity contribution in [3.05, 3.63) is 29.8 Å². The molecule has 0 bridgehead atoms. The molecular weight excluding hydrogens is 320 g/mol. The van der Waals surface area contributed by atoms with Gasteiger partial charge in [-0.15, -0.1) is 0 Å². The number of para-hydroxylation sites is 1. The number of nitrogens with one attached hydrogen (secondary N) is 1. The van der Waals surface area contributed by atoms with Crippen LogP contribution < -0.4 is 10.2 Å². The van der Waals surface area contributed by atoms with Crippen molar-refractivity contribution in [1.82, 2.24) is 15.5 Å². The van der Waals surface area contributed by atoms with Crippen molar-refractivity contribution >= 4 is 15.6 Å². The first kappa shape index (κ1) is 17.2. The summed E-state index contributed by atoms with van der Waals surface area (Å²) in [5.41, 5.74) is 2.00. The lowest BCUT2D eigenvalue weighted by molar-refractivity contribution is 0.161. The van der Waals surface area contributed by atoms with E-state index < -0.39 is 10.5 Å². The molecule has 0 radical (unpaired) electrons. The molecule has 5 nitrogen and oxygen atoms in total. The van der Waals surface area contributed by atoms with Crippen molar-refractivity contribution in [2.24, 2.45) is 0 Å². The van der Waals surface area contributed by atoms with Crippen molar-refractivity contribution in [1.29, 1.82) is 0 Å². The molecule has 0 spiro atoms. The van der Waals surface area contributed by atoms with E-state index in [0.29, 0.717) is 11.8 Å². The van der Waals surface area contributed by atoms with Gasteiger partial charge >= 0.3 is 5.13 Å². The maximum absolute atomic E-state index is 10.2. The Hall–Kier alpha value is -1.66. The highest BCUT2D eigenvalue weighted by atomic mass is 32.2. The fraction of sp³-hybridized carbons (Fsp3) is 0.556. The van der Waals surface area contributed by atoms with Crippen LogP contribution in [-0.2, 0) is 0 Å². The van der Waals surface area contributed by atoms with Crippen molar-refractivity contribution in [3.63, 3.8) is 0 Å². The van der Waals surface area contributed by atoms with Gasteiger partial charge in [-0.25, -0.2) is 0 Å². The van der Waals surface area contributed by atoms with Crippen LogP contribution in [0.4, 0.5) is 5.13 Å². The molecule has 130 valence electrons. The standard InChI is InChI=1S/C18H26N4OS/c1-17(2)10-13(11-18(3,4)21-17)22(5)16-20-19-12-24(16)15-9-7-6-8-14(15)23/h6-9,12-13,21H,10-11H2,1-5H3/p+1. The number of benzene rings is 1. The Bertz CT molecular complexity index is 709. The summed E-state index contributed by atoms with van der Waals surface area (Å²) < 4.78 is 0. The van der Waals surface area contributed by atoms with Crippen LogP contribution in [0.15, 0.2) is 29.8 Å². The zero-order valence-electron chi connectivity index (χ0n) is 15.1. The Kier molecular flexibility index (Phi) is 4.30. The van der Waals surface area contributed by atoms with Gasteiger partial charge in [-0.2, -0.15) is 0 Å². The first-order valence-corrected chi connectivity index (χ1v) is 9.62. The van der Waals surface area contributed by atoms with Crippen LogP contribution in [0.1, 0.15) is 40.5 Å². The minimum absolute atomic E-state index is 0.0776. The molecule has 1 fully saturated rings. The zero-order chi connectivity index (χ0) is 17.5. The SMILES string of the molecule is CN(c1nnc[s+]1-c1ccccc1O)C1CC(C)(C)NC(C)(C)C1. The molecule has 2 aromatic rings. The second-order valence-corrected chi connectivity index (χ2v) is 9.67. The van der Waals surface area contributed by atoms with Crippen LogP contribution in [-0.4, -0.2) is 39.5 Å². The number of phenols is 1. The summed E-state index contributed by atoms with van der Waals surface area (Å²) >= 11 is 0. The number of nitrogens with zero attached hydrogens (tertiary/aromatic N) is 3. The number of phenolic OH excluding ortho intramolecular Hbond substituents is 1. The van der Waals surface area contributed by atoms with Crippen molar-refractivity contribution in [2.75, 3.05) is 11.9 Å². The summed E-state index contributed by atoms with van der Waals surface area (Å²) in [6, 6.07) is 7.85. The predicted molar refractivity (Wildman–Crippen MR) is 100 cm³/mol. The van der Waals surface area contributed by atoms with E-state index in [0.717, 1.165) is 22.9 Å². The molecule has 1 aromatic heterocycles. The van der Waals surface area contributed by atoms with Crippen LogP contribution in [0, 0.1) is 0 Å². The van der Waals surface area contributed by atoms with E-state index in [2.05, 4.69) is 55.2 Å². The first-order chi connectivity index (χ1) is 11.2. The average molecular weight is 348 g/mol. The highest BCUT2D eigenvalue weighted by Crippen LogP contribution is 2.44. The molecule has 24 heavy (non-hydrogen) atoms. The second kappa shape index (κ2) is 6.01. The van der Waals surface area contributed by atoms with E-state index in [1.165, 1.54) is 0 Å². The Morgan fingerprint density at radius 1 is 1.17 bits per heavy atom. The van der Waals surface area contributed by atoms with E-state index >= 15 is 0 Å². The van der Waals surface area contributed by atoms with Crippen molar-refractivity contribution < 1.29 is 5.11 Å². The van der Waals surface area contributed by atoms with Gasteiger partial charge in [-0.1, -0.05) is 22.3 Å². The third kappa shape index (κ3) is 3.39. The van der Waals surface area contributed by atoms with E-state index in [4.69, 9.17) is 0 Å². The zero-order valence-corrected chi connectivity index (χ0v) is 15.9. The number of aromatic hydroxyl groups is 1. The topological polar surface area (TPSA) is 61.3 Å². The van der Waals surface area contributed by atoms with Crippen LogP contribution in [0.25, 0.3) is 4.90 Å². The number of hydrogen-bond donors (Lipinski definition) is 2. The normalized spacial score (nSPS) is 20.8. The molecule has 0 saturated carbocycles. The lowest BCUT2D eigenvalue weighted by Crippen LogP contribution is -2.62. The Balaban J connectivity index is 1.93. The van der Waals surface area contributed by atoms with Gasteiger partial charge in [-0.3, -0.25) is 0 Å². The number of aromatic nitrogens is 2. The van der Waals surface area contributed by atoms with Gasteiger partial charge in [0.2, 0.25) is 4.90 Å². The molecule has 2 N–H and O–H groups in total. The number of anilines is 1. The fourth-order valence-corrected chi connectivity index (χ4v) is 5.59. The van der Waals surface area contributed by atoms with Gasteiger partial charge < -0.3 is 15.3 Å². The maximum atomic E-state index is 10.2. The van der Waals surface area contributed by atoms with Crippen molar-refractivity contribution in [2.45, 2.75) is 57.7 Å². The monoisotopic (exact) mass is 347 g/mol. The average Bonchev–Trinajstić information content (AvgIpc) is 2.92. The minimum Gasteiger partial charge on any atom is -0.503 e. The summed E-state index contributed by atoms with van der Waals surface area (Å²) in [5.74, 6) is 0.307. The molecule has 1 unspecified atom stereocenters. The van der Waals surface area contributed by atoms with Gasteiger partial charge in [-0.05, 0) is 46.6 Å². The summed E-state index contributed by atoms with van der Waals surface area (Å²) in [6.45, 7) is 9.02. The Labute approximate surface area is 146 Å². The maximum Gasteiger partial charge on any atom is 0.368 e. The van der Waals surface area contributed by atoms with E-state index in [1.807, 2.05) is 23.7 Å². The predicted octanol–water partition coefficient (Wildman–Crippen LogP) is 3.67. The van der Waals surface area contributed by atoms with Gasteiger partial charge in [0.15, 0.2) is 5.75 Å². The quantitative estimate of drug-likeness (QED) is 0.830. The third-order valence-corrected chi connectivity index (χ3v) is 6.50. The molecule has 0 aliphatic carbocycles. The smallest absolute Gasteiger partial charge is 0.368 e. The van der Waals surface area contributed by atoms with E-state index in [1.54, 1.807) is 6.07 Å². The largest absolute Gasteiger partial charge is 0.503 e. The van der Waals surface area contributed by atoms with Crippen LogP contribution >= 0.6 is 10.5 Å². The van der Waals surface area contributed by atoms with Gasteiger partial charge in [0.05, 0.1) is 10.5 Å². The lowest BCUT2D eigenvalue weighted by atomic mass is 9.79. The second-order valence-electron chi connectivity index (χ2n) is 7.97. The van der Waals surface area contributed by atoms with Crippen molar-refractivity contribution in [3.8, 4) is 10.6 Å². The summed E-state index contributed by atoms with van der Waals surface area (Å²) in [4.78, 5) is 3.16. The van der Waals surface area contributed by atoms with Crippen LogP contribution in [0.3, 0.4) is 0 Å². The van der Waals surface area contributed by atoms with Gasteiger partial charge in [0, 0.05) is 30.2 Å². The Morgan fingerprint density at radius 2 is 1.79 bits per heavy atom. The molecule has 3 rings (SSSR count). The fourth-order valence-electron chi connectivity index (χ4n) is 3.93. The van der Waals surface area contributed by atoms with Gasteiger partial charge in [0.1, 0.15) is 0 Å². The third-order valence-electron chi connectivity index (χ3n) is 4.61. The number of piperidine rings is 1. The van der Waals surface area contributed by atoms with E-state index in [-0.39, 0.29) is 11.1 Å². The van der Waals surface area contributed by atoms with Crippen LogP contribution in [0.2, 0.25) is 0 Å². The molecule has 2 heterocycles. The Morgan fingerprint density at radius 3 is 2.42 bits per heavy atom. The van der Waals surface area contributed by atoms with Gasteiger partial charge in [0.25, 0.3) is 5.51 Å². The molecule has 1 atom stereocenters. The highest BCUT2D eigenvalue weighted by molar-refractivity contribution is 7.41. The summed E-state index contributed by atoms with van der Waals surface area (Å²) in [5, 5.41) is 23.4. The molecule has 1 saturated heterocycles. The molecule has 1 aliphatic heterocycles. The van der Waals surface area contributed by atoms with E-state index in [9.17, 15) is 5.11 Å². The number of rotatable bonds is 3. The lowest BCUT2D eigenvalue weighted by Gasteiger charge is -2.48. The molecular formula is C18H27N4OS+.